The first-order valence-electron chi connectivity index (χ1n) is 6.14. The van der Waals surface area contributed by atoms with Gasteiger partial charge in [0, 0.05) is 13.1 Å². The molecule has 0 bridgehead atoms. The fourth-order valence-corrected chi connectivity index (χ4v) is 2.77. The van der Waals surface area contributed by atoms with Gasteiger partial charge in [-0.05, 0) is 17.8 Å². The molecule has 1 aromatic heterocycles. The van der Waals surface area contributed by atoms with Crippen molar-refractivity contribution in [3.63, 3.8) is 0 Å². The number of carboxylic acid groups (broad SMARTS) is 1. The second-order valence-electron chi connectivity index (χ2n) is 6.26. The van der Waals surface area contributed by atoms with E-state index in [1.807, 2.05) is 0 Å². The summed E-state index contributed by atoms with van der Waals surface area (Å²) in [5.74, 6) is -0.331. The number of nitrogens with zero attached hydrogens (tertiary/aromatic N) is 2. The van der Waals surface area contributed by atoms with E-state index in [2.05, 4.69) is 38.1 Å². The Labute approximate surface area is 107 Å². The van der Waals surface area contributed by atoms with Crippen LogP contribution in [0, 0.1) is 17.8 Å². The van der Waals surface area contributed by atoms with Crippen LogP contribution in [0.5, 0.6) is 0 Å². The van der Waals surface area contributed by atoms with E-state index in [0.29, 0.717) is 11.5 Å². The van der Waals surface area contributed by atoms with Gasteiger partial charge in [0.2, 0.25) is 0 Å². The first-order valence-corrected chi connectivity index (χ1v) is 6.14. The van der Waals surface area contributed by atoms with E-state index in [4.69, 9.17) is 0 Å². The van der Waals surface area contributed by atoms with Crippen LogP contribution >= 0.6 is 0 Å². The molecule has 2 N–H and O–H groups in total. The zero-order valence-electron chi connectivity index (χ0n) is 11.8. The van der Waals surface area contributed by atoms with Gasteiger partial charge in [-0.25, -0.2) is 4.79 Å². The molecule has 5 nitrogen and oxygen atoms in total. The Morgan fingerprint density at radius 3 is 2.22 bits per heavy atom. The average Bonchev–Trinajstić information content (AvgIpc) is 2.50. The molecule has 100 valence electrons. The van der Waals surface area contributed by atoms with Gasteiger partial charge in [0.05, 0.1) is 5.69 Å². The molecule has 1 aromatic rings. The van der Waals surface area contributed by atoms with Crippen molar-refractivity contribution >= 4 is 11.8 Å². The van der Waals surface area contributed by atoms with Crippen molar-refractivity contribution in [3.05, 3.63) is 11.3 Å². The summed E-state index contributed by atoms with van der Waals surface area (Å²) < 4.78 is 1.61. The van der Waals surface area contributed by atoms with Gasteiger partial charge in [0.15, 0.2) is 0 Å². The molecular formula is C13H21N3O2. The predicted octanol–water partition coefficient (Wildman–Crippen LogP) is 2.27. The van der Waals surface area contributed by atoms with Gasteiger partial charge in [-0.1, -0.05) is 27.7 Å². The molecule has 1 fully saturated rings. The van der Waals surface area contributed by atoms with E-state index in [9.17, 15) is 9.90 Å². The van der Waals surface area contributed by atoms with E-state index in [0.717, 1.165) is 0 Å². The highest BCUT2D eigenvalue weighted by atomic mass is 16.4. The molecule has 2 rings (SSSR count). The van der Waals surface area contributed by atoms with E-state index >= 15 is 0 Å². The third-order valence-electron chi connectivity index (χ3n) is 4.74. The molecule has 0 radical (unpaired) electrons. The largest absolute Gasteiger partial charge is 0.477 e. The fraction of sp³-hybridized carbons (Fsp3) is 0.692. The van der Waals surface area contributed by atoms with Crippen LogP contribution in [0.3, 0.4) is 0 Å². The molecule has 1 heterocycles. The topological polar surface area (TPSA) is 67.2 Å². The lowest BCUT2D eigenvalue weighted by atomic mass is 10.0. The zero-order valence-corrected chi connectivity index (χ0v) is 11.8. The third kappa shape index (κ3) is 1.53. The molecule has 18 heavy (non-hydrogen) atoms. The van der Waals surface area contributed by atoms with Gasteiger partial charge in [-0.3, -0.25) is 4.68 Å². The van der Waals surface area contributed by atoms with Crippen LogP contribution in [-0.2, 0) is 7.05 Å². The number of hydrogen-bond donors (Lipinski definition) is 2. The van der Waals surface area contributed by atoms with E-state index in [1.54, 1.807) is 18.7 Å². The molecule has 0 saturated heterocycles. The van der Waals surface area contributed by atoms with Crippen molar-refractivity contribution in [1.29, 1.82) is 0 Å². The molecule has 1 aliphatic carbocycles. The van der Waals surface area contributed by atoms with Gasteiger partial charge < -0.3 is 10.4 Å². The second kappa shape index (κ2) is 3.49. The van der Waals surface area contributed by atoms with Gasteiger partial charge >= 0.3 is 5.97 Å². The van der Waals surface area contributed by atoms with E-state index in [1.165, 1.54) is 0 Å². The summed E-state index contributed by atoms with van der Waals surface area (Å²) in [7, 11) is 1.77. The number of nitrogens with one attached hydrogen (secondary N) is 1. The van der Waals surface area contributed by atoms with Gasteiger partial charge in [0.25, 0.3) is 0 Å². The Morgan fingerprint density at radius 1 is 1.33 bits per heavy atom. The lowest BCUT2D eigenvalue weighted by molar-refractivity contribution is 0.0697. The number of rotatable bonds is 3. The lowest BCUT2D eigenvalue weighted by Gasteiger charge is -2.09. The van der Waals surface area contributed by atoms with Crippen LogP contribution in [0.15, 0.2) is 0 Å². The molecule has 1 saturated carbocycles. The SMILES string of the molecule is Cc1nn(C)c(NC2C(C)(C)C2(C)C)c1C(=O)O. The summed E-state index contributed by atoms with van der Waals surface area (Å²) in [5, 5.41) is 16.8. The summed E-state index contributed by atoms with van der Waals surface area (Å²) in [6.45, 7) is 10.5. The maximum atomic E-state index is 11.3. The molecule has 0 unspecified atom stereocenters. The average molecular weight is 251 g/mol. The van der Waals surface area contributed by atoms with Crippen LogP contribution in [0.1, 0.15) is 43.7 Å². The molecule has 0 atom stereocenters. The zero-order chi connectivity index (χ0) is 13.9. The minimum absolute atomic E-state index is 0.154. The number of aromatic nitrogens is 2. The number of carbonyl (C=O) groups is 1. The lowest BCUT2D eigenvalue weighted by Crippen LogP contribution is -2.15. The Kier molecular flexibility index (Phi) is 2.51. The van der Waals surface area contributed by atoms with Gasteiger partial charge in [0.1, 0.15) is 11.4 Å². The molecule has 1 aliphatic rings. The first kappa shape index (κ1) is 12.9. The van der Waals surface area contributed by atoms with Crippen molar-refractivity contribution < 1.29 is 9.90 Å². The highest BCUT2D eigenvalue weighted by molar-refractivity contribution is 5.94. The minimum atomic E-state index is -0.931. The molecule has 0 spiro atoms. The molecule has 0 aromatic carbocycles. The first-order chi connectivity index (χ1) is 8.10. The van der Waals surface area contributed by atoms with Crippen LogP contribution < -0.4 is 5.32 Å². The Morgan fingerprint density at radius 2 is 1.83 bits per heavy atom. The number of aromatic carboxylic acids is 1. The maximum absolute atomic E-state index is 11.3. The molecule has 5 heteroatoms. The van der Waals surface area contributed by atoms with Crippen molar-refractivity contribution in [1.82, 2.24) is 9.78 Å². The maximum Gasteiger partial charge on any atom is 0.341 e. The monoisotopic (exact) mass is 251 g/mol. The smallest absolute Gasteiger partial charge is 0.341 e. The molecule has 0 amide bonds. The Bertz CT molecular complexity index is 501. The Hall–Kier alpha value is -1.52. The van der Waals surface area contributed by atoms with Crippen LogP contribution in [-0.4, -0.2) is 26.9 Å². The summed E-state index contributed by atoms with van der Waals surface area (Å²) in [6, 6.07) is 0.262. The van der Waals surface area contributed by atoms with Crippen molar-refractivity contribution in [2.75, 3.05) is 5.32 Å². The quantitative estimate of drug-likeness (QED) is 0.864. The van der Waals surface area contributed by atoms with Crippen molar-refractivity contribution in [2.24, 2.45) is 17.9 Å². The third-order valence-corrected chi connectivity index (χ3v) is 4.74. The van der Waals surface area contributed by atoms with Gasteiger partial charge in [-0.15, -0.1) is 0 Å². The number of hydrogen-bond acceptors (Lipinski definition) is 3. The van der Waals surface area contributed by atoms with Crippen LogP contribution in [0.4, 0.5) is 5.82 Å². The number of anilines is 1. The van der Waals surface area contributed by atoms with Crippen molar-refractivity contribution in [3.8, 4) is 0 Å². The second-order valence-corrected chi connectivity index (χ2v) is 6.26. The summed E-state index contributed by atoms with van der Waals surface area (Å²) in [4.78, 5) is 11.3. The standard InChI is InChI=1S/C13H21N3O2/c1-7-8(10(17)18)9(16(6)15-7)14-11-12(2,3)13(11,4)5/h11,14H,1-6H3,(H,17,18). The highest BCUT2D eigenvalue weighted by Gasteiger charge is 2.65. The summed E-state index contributed by atoms with van der Waals surface area (Å²) in [6.07, 6.45) is 0. The van der Waals surface area contributed by atoms with E-state index < -0.39 is 5.97 Å². The summed E-state index contributed by atoms with van der Waals surface area (Å²) in [5.41, 5.74) is 1.13. The normalized spacial score (nSPS) is 20.8. The van der Waals surface area contributed by atoms with Crippen molar-refractivity contribution in [2.45, 2.75) is 40.7 Å². The van der Waals surface area contributed by atoms with E-state index in [-0.39, 0.29) is 22.4 Å². The predicted molar refractivity (Wildman–Crippen MR) is 69.9 cm³/mol. The van der Waals surface area contributed by atoms with Gasteiger partial charge in [-0.2, -0.15) is 5.10 Å². The molecular weight excluding hydrogens is 230 g/mol. The van der Waals surface area contributed by atoms with Crippen LogP contribution in [0.2, 0.25) is 0 Å². The highest BCUT2D eigenvalue weighted by Crippen LogP contribution is 2.63. The number of aryl methyl sites for hydroxylation is 2. The minimum Gasteiger partial charge on any atom is -0.477 e. The summed E-state index contributed by atoms with van der Waals surface area (Å²) >= 11 is 0. The van der Waals surface area contributed by atoms with Crippen LogP contribution in [0.25, 0.3) is 0 Å². The Balaban J connectivity index is 2.35. The number of carboxylic acids is 1. The molecule has 0 aliphatic heterocycles. The fourth-order valence-electron chi connectivity index (χ4n) is 2.77.